The summed E-state index contributed by atoms with van der Waals surface area (Å²) in [5, 5.41) is 3.54. The highest BCUT2D eigenvalue weighted by atomic mass is 16.5. The van der Waals surface area contributed by atoms with Crippen LogP contribution in [-0.4, -0.2) is 62.2 Å². The second-order valence-electron chi connectivity index (χ2n) is 7.98. The molecule has 1 saturated heterocycles. The molecule has 1 fully saturated rings. The third-order valence-electron chi connectivity index (χ3n) is 5.45. The summed E-state index contributed by atoms with van der Waals surface area (Å²) in [5.41, 5.74) is 0. The first-order valence-corrected chi connectivity index (χ1v) is 11.0. The van der Waals surface area contributed by atoms with Crippen molar-refractivity contribution in [3.8, 4) is 17.2 Å². The van der Waals surface area contributed by atoms with E-state index in [0.29, 0.717) is 19.6 Å². The van der Waals surface area contributed by atoms with Gasteiger partial charge in [-0.25, -0.2) is 0 Å². The van der Waals surface area contributed by atoms with E-state index in [1.165, 1.54) is 0 Å². The van der Waals surface area contributed by atoms with Gasteiger partial charge in [-0.05, 0) is 50.5 Å². The van der Waals surface area contributed by atoms with Gasteiger partial charge in [0.15, 0.2) is 18.7 Å². The molecule has 6 nitrogen and oxygen atoms in total. The molecule has 3 atom stereocenters. The van der Waals surface area contributed by atoms with Gasteiger partial charge in [0.05, 0.1) is 13.1 Å². The molecule has 0 radical (unpaired) electrons. The van der Waals surface area contributed by atoms with Crippen LogP contribution < -0.4 is 19.5 Å². The van der Waals surface area contributed by atoms with Gasteiger partial charge in [-0.2, -0.15) is 0 Å². The van der Waals surface area contributed by atoms with Crippen molar-refractivity contribution in [3.63, 3.8) is 0 Å². The molecule has 3 aromatic carbocycles. The molecule has 168 valence electrons. The maximum atomic E-state index is 6.37. The van der Waals surface area contributed by atoms with E-state index in [1.807, 2.05) is 91.0 Å². The number of rotatable bonds is 6. The van der Waals surface area contributed by atoms with Crippen molar-refractivity contribution < 1.29 is 14.2 Å². The molecule has 0 saturated carbocycles. The lowest BCUT2D eigenvalue weighted by atomic mass is 10.3. The van der Waals surface area contributed by atoms with E-state index in [9.17, 15) is 0 Å². The van der Waals surface area contributed by atoms with E-state index in [0.717, 1.165) is 17.2 Å². The Morgan fingerprint density at radius 3 is 1.56 bits per heavy atom. The molecule has 3 unspecified atom stereocenters. The number of ether oxygens (including phenoxy) is 3. The molecule has 1 N–H and O–H groups in total. The highest BCUT2D eigenvalue weighted by Gasteiger charge is 2.29. The SMILES string of the molecule is CN1CC(Oc2ccccc2)NCC(Oc2ccccc2)N(C)CC1Oc1ccccc1. The zero-order valence-corrected chi connectivity index (χ0v) is 18.6. The molecule has 1 aliphatic heterocycles. The van der Waals surface area contributed by atoms with E-state index in [-0.39, 0.29) is 18.7 Å². The first kappa shape index (κ1) is 22.1. The molecule has 0 aliphatic carbocycles. The summed E-state index contributed by atoms with van der Waals surface area (Å²) in [6, 6.07) is 29.7. The largest absolute Gasteiger partial charge is 0.474 e. The van der Waals surface area contributed by atoms with E-state index < -0.39 is 0 Å². The van der Waals surface area contributed by atoms with Gasteiger partial charge in [0.1, 0.15) is 17.2 Å². The summed E-state index contributed by atoms with van der Waals surface area (Å²) < 4.78 is 19.0. The molecule has 3 aromatic rings. The summed E-state index contributed by atoms with van der Waals surface area (Å²) >= 11 is 0. The summed E-state index contributed by atoms with van der Waals surface area (Å²) in [4.78, 5) is 4.35. The minimum absolute atomic E-state index is 0.175. The molecule has 4 rings (SSSR count). The van der Waals surface area contributed by atoms with Crippen LogP contribution in [0.25, 0.3) is 0 Å². The fourth-order valence-electron chi connectivity index (χ4n) is 3.65. The Kier molecular flexibility index (Phi) is 7.61. The Morgan fingerprint density at radius 1 is 0.594 bits per heavy atom. The third kappa shape index (κ3) is 6.23. The highest BCUT2D eigenvalue weighted by molar-refractivity contribution is 5.23. The Hall–Kier alpha value is -3.06. The van der Waals surface area contributed by atoms with Gasteiger partial charge in [0.25, 0.3) is 0 Å². The van der Waals surface area contributed by atoms with Crippen LogP contribution in [0.2, 0.25) is 0 Å². The van der Waals surface area contributed by atoms with Crippen molar-refractivity contribution in [2.45, 2.75) is 18.7 Å². The maximum Gasteiger partial charge on any atom is 0.165 e. The Morgan fingerprint density at radius 2 is 1.03 bits per heavy atom. The summed E-state index contributed by atoms with van der Waals surface area (Å²) in [6.07, 6.45) is -0.587. The molecule has 1 heterocycles. The van der Waals surface area contributed by atoms with Gasteiger partial charge in [-0.15, -0.1) is 0 Å². The molecule has 32 heavy (non-hydrogen) atoms. The fraction of sp³-hybridized carbons (Fsp3) is 0.308. The number of benzene rings is 3. The van der Waals surface area contributed by atoms with Gasteiger partial charge in [0.2, 0.25) is 0 Å². The molecule has 0 aromatic heterocycles. The molecule has 0 amide bonds. The van der Waals surface area contributed by atoms with Crippen LogP contribution in [0.1, 0.15) is 0 Å². The second kappa shape index (κ2) is 11.0. The van der Waals surface area contributed by atoms with Crippen molar-refractivity contribution in [3.05, 3.63) is 91.0 Å². The van der Waals surface area contributed by atoms with Crippen LogP contribution in [0.3, 0.4) is 0 Å². The number of nitrogens with zero attached hydrogens (tertiary/aromatic N) is 2. The topological polar surface area (TPSA) is 46.2 Å². The lowest BCUT2D eigenvalue weighted by Gasteiger charge is -2.33. The van der Waals surface area contributed by atoms with Gasteiger partial charge in [-0.1, -0.05) is 54.6 Å². The van der Waals surface area contributed by atoms with Crippen LogP contribution >= 0.6 is 0 Å². The molecule has 0 bridgehead atoms. The van der Waals surface area contributed by atoms with Crippen molar-refractivity contribution in [2.24, 2.45) is 0 Å². The van der Waals surface area contributed by atoms with Crippen LogP contribution in [0, 0.1) is 0 Å². The smallest absolute Gasteiger partial charge is 0.165 e. The van der Waals surface area contributed by atoms with Crippen molar-refractivity contribution >= 4 is 0 Å². The normalized spacial score (nSPS) is 22.9. The number of hydrogen-bond donors (Lipinski definition) is 1. The summed E-state index contributed by atoms with van der Waals surface area (Å²) in [6.45, 7) is 1.93. The monoisotopic (exact) mass is 433 g/mol. The second-order valence-corrected chi connectivity index (χ2v) is 7.98. The zero-order valence-electron chi connectivity index (χ0n) is 18.6. The minimum Gasteiger partial charge on any atom is -0.474 e. The standard InChI is InChI=1S/C26H31N3O3/c1-28-19-24(30-21-12-6-3-7-13-21)27-18-25(31-22-14-8-4-9-15-22)29(2)20-26(28)32-23-16-10-5-11-17-23/h3-17,24-27H,18-20H2,1-2H3. The van der Waals surface area contributed by atoms with Gasteiger partial charge in [-0.3, -0.25) is 15.1 Å². The molecule has 6 heteroatoms. The van der Waals surface area contributed by atoms with E-state index in [2.05, 4.69) is 29.2 Å². The number of likely N-dealkylation sites (N-methyl/N-ethyl adjacent to an activating group) is 2. The predicted molar refractivity (Wildman–Crippen MR) is 126 cm³/mol. The number of nitrogens with one attached hydrogen (secondary N) is 1. The van der Waals surface area contributed by atoms with Gasteiger partial charge in [0, 0.05) is 6.54 Å². The maximum absolute atomic E-state index is 6.37. The van der Waals surface area contributed by atoms with Crippen molar-refractivity contribution in [1.82, 2.24) is 15.1 Å². The minimum atomic E-state index is -0.224. The zero-order chi connectivity index (χ0) is 22.2. The predicted octanol–water partition coefficient (Wildman–Crippen LogP) is 3.67. The third-order valence-corrected chi connectivity index (χ3v) is 5.45. The molecular formula is C26H31N3O3. The highest BCUT2D eigenvalue weighted by Crippen LogP contribution is 2.19. The Labute approximate surface area is 190 Å². The average Bonchev–Trinajstić information content (AvgIpc) is 2.87. The van der Waals surface area contributed by atoms with Crippen LogP contribution in [0.15, 0.2) is 91.0 Å². The van der Waals surface area contributed by atoms with E-state index >= 15 is 0 Å². The fourth-order valence-corrected chi connectivity index (χ4v) is 3.65. The van der Waals surface area contributed by atoms with Gasteiger partial charge < -0.3 is 14.2 Å². The Balaban J connectivity index is 1.54. The quantitative estimate of drug-likeness (QED) is 0.640. The van der Waals surface area contributed by atoms with Crippen LogP contribution in [0.5, 0.6) is 17.2 Å². The van der Waals surface area contributed by atoms with Gasteiger partial charge >= 0.3 is 0 Å². The van der Waals surface area contributed by atoms with E-state index in [1.54, 1.807) is 0 Å². The summed E-state index contributed by atoms with van der Waals surface area (Å²) in [7, 11) is 4.12. The summed E-state index contributed by atoms with van der Waals surface area (Å²) in [5.74, 6) is 2.50. The lowest BCUT2D eigenvalue weighted by Crippen LogP contribution is -2.49. The van der Waals surface area contributed by atoms with Crippen molar-refractivity contribution in [1.29, 1.82) is 0 Å². The molecular weight excluding hydrogens is 402 g/mol. The molecule has 0 spiro atoms. The first-order chi connectivity index (χ1) is 15.7. The first-order valence-electron chi connectivity index (χ1n) is 11.0. The van der Waals surface area contributed by atoms with Crippen LogP contribution in [0.4, 0.5) is 0 Å². The number of para-hydroxylation sites is 3. The number of hydrogen-bond acceptors (Lipinski definition) is 6. The van der Waals surface area contributed by atoms with E-state index in [4.69, 9.17) is 14.2 Å². The average molecular weight is 434 g/mol. The van der Waals surface area contributed by atoms with Crippen molar-refractivity contribution in [2.75, 3.05) is 33.7 Å². The molecule has 1 aliphatic rings. The van der Waals surface area contributed by atoms with Crippen LogP contribution in [-0.2, 0) is 0 Å². The Bertz CT molecular complexity index is 927. The lowest BCUT2D eigenvalue weighted by molar-refractivity contribution is -0.0229.